The van der Waals surface area contributed by atoms with Crippen molar-refractivity contribution in [2.24, 2.45) is 0 Å². The summed E-state index contributed by atoms with van der Waals surface area (Å²) in [5.74, 6) is 0.253. The highest BCUT2D eigenvalue weighted by Crippen LogP contribution is 2.35. The van der Waals surface area contributed by atoms with E-state index in [4.69, 9.17) is 4.74 Å². The molecule has 1 aromatic carbocycles. The molecule has 0 aliphatic carbocycles. The maximum absolute atomic E-state index is 12.7. The third-order valence-electron chi connectivity index (χ3n) is 2.95. The van der Waals surface area contributed by atoms with E-state index in [0.29, 0.717) is 5.56 Å². The average molecular weight is 245 g/mol. The molecule has 1 atom stereocenters. The Morgan fingerprint density at radius 3 is 2.59 bits per heavy atom. The van der Waals surface area contributed by atoms with Crippen molar-refractivity contribution in [1.29, 1.82) is 0 Å². The van der Waals surface area contributed by atoms with Crippen LogP contribution < -0.4 is 10.1 Å². The fourth-order valence-electron chi connectivity index (χ4n) is 2.07. The largest absolute Gasteiger partial charge is 0.497 e. The molecule has 2 rings (SSSR count). The van der Waals surface area contributed by atoms with Gasteiger partial charge in [0.05, 0.1) is 12.7 Å². The van der Waals surface area contributed by atoms with E-state index < -0.39 is 11.7 Å². The molecule has 0 saturated carbocycles. The maximum atomic E-state index is 12.7. The van der Waals surface area contributed by atoms with Crippen molar-refractivity contribution in [3.8, 4) is 5.75 Å². The van der Waals surface area contributed by atoms with Crippen LogP contribution in [-0.4, -0.2) is 13.7 Å². The van der Waals surface area contributed by atoms with Crippen LogP contribution in [-0.2, 0) is 6.18 Å². The van der Waals surface area contributed by atoms with Gasteiger partial charge < -0.3 is 10.1 Å². The Labute approximate surface area is 97.8 Å². The number of ether oxygens (including phenoxy) is 1. The average Bonchev–Trinajstić information content (AvgIpc) is 2.80. The predicted molar refractivity (Wildman–Crippen MR) is 58.0 cm³/mol. The zero-order valence-corrected chi connectivity index (χ0v) is 9.47. The van der Waals surface area contributed by atoms with Crippen LogP contribution in [0.15, 0.2) is 18.2 Å². The Bertz CT molecular complexity index is 397. The fraction of sp³-hybridized carbons (Fsp3) is 0.500. The van der Waals surface area contributed by atoms with Crippen LogP contribution in [0.25, 0.3) is 0 Å². The van der Waals surface area contributed by atoms with Gasteiger partial charge in [0, 0.05) is 6.04 Å². The first-order valence-electron chi connectivity index (χ1n) is 5.50. The number of benzene rings is 1. The zero-order chi connectivity index (χ0) is 12.5. The molecular weight excluding hydrogens is 231 g/mol. The van der Waals surface area contributed by atoms with Gasteiger partial charge in [-0.1, -0.05) is 0 Å². The summed E-state index contributed by atoms with van der Waals surface area (Å²) in [6.07, 6.45) is -2.48. The van der Waals surface area contributed by atoms with Crippen LogP contribution in [0.5, 0.6) is 5.75 Å². The minimum Gasteiger partial charge on any atom is -0.497 e. The van der Waals surface area contributed by atoms with Gasteiger partial charge in [-0.05, 0) is 43.1 Å². The molecule has 1 unspecified atom stereocenters. The summed E-state index contributed by atoms with van der Waals surface area (Å²) in [6.45, 7) is 0.850. The predicted octanol–water partition coefficient (Wildman–Crippen LogP) is 3.14. The summed E-state index contributed by atoms with van der Waals surface area (Å²) in [7, 11) is 1.38. The monoisotopic (exact) mass is 245 g/mol. The van der Waals surface area contributed by atoms with E-state index >= 15 is 0 Å². The van der Waals surface area contributed by atoms with Crippen molar-refractivity contribution in [3.05, 3.63) is 29.3 Å². The highest BCUT2D eigenvalue weighted by molar-refractivity contribution is 5.37. The number of alkyl halides is 3. The minimum absolute atomic E-state index is 0.00574. The van der Waals surface area contributed by atoms with Crippen LogP contribution in [0.2, 0.25) is 0 Å². The van der Waals surface area contributed by atoms with Crippen molar-refractivity contribution >= 4 is 0 Å². The maximum Gasteiger partial charge on any atom is 0.416 e. The number of nitrogens with one attached hydrogen (secondary N) is 1. The molecule has 94 valence electrons. The summed E-state index contributed by atoms with van der Waals surface area (Å²) in [4.78, 5) is 0. The lowest BCUT2D eigenvalue weighted by atomic mass is 10.0. The molecule has 0 aromatic heterocycles. The van der Waals surface area contributed by atoms with Crippen molar-refractivity contribution in [1.82, 2.24) is 5.32 Å². The van der Waals surface area contributed by atoms with Crippen LogP contribution >= 0.6 is 0 Å². The van der Waals surface area contributed by atoms with Gasteiger partial charge in [-0.15, -0.1) is 0 Å². The Kier molecular flexibility index (Phi) is 3.28. The van der Waals surface area contributed by atoms with Crippen LogP contribution in [0, 0.1) is 0 Å². The van der Waals surface area contributed by atoms with Gasteiger partial charge in [0.2, 0.25) is 0 Å². The molecule has 1 aliphatic rings. The molecule has 1 heterocycles. The van der Waals surface area contributed by atoms with E-state index in [-0.39, 0.29) is 11.8 Å². The second-order valence-corrected chi connectivity index (χ2v) is 4.14. The zero-order valence-electron chi connectivity index (χ0n) is 9.47. The van der Waals surface area contributed by atoms with Crippen molar-refractivity contribution in [3.63, 3.8) is 0 Å². The lowest BCUT2D eigenvalue weighted by Gasteiger charge is -2.15. The van der Waals surface area contributed by atoms with Gasteiger partial charge in [-0.2, -0.15) is 13.2 Å². The Morgan fingerprint density at radius 2 is 2.06 bits per heavy atom. The van der Waals surface area contributed by atoms with E-state index in [1.807, 2.05) is 0 Å². The summed E-state index contributed by atoms with van der Waals surface area (Å²) in [5, 5.41) is 3.18. The molecular formula is C12H14F3NO. The number of hydrogen-bond donors (Lipinski definition) is 1. The molecule has 0 spiro atoms. The Balaban J connectivity index is 2.38. The van der Waals surface area contributed by atoms with Gasteiger partial charge in [0.1, 0.15) is 5.75 Å². The van der Waals surface area contributed by atoms with E-state index in [2.05, 4.69) is 5.32 Å². The first kappa shape index (κ1) is 12.2. The Hall–Kier alpha value is -1.23. The van der Waals surface area contributed by atoms with Gasteiger partial charge in [0.25, 0.3) is 0 Å². The number of methoxy groups -OCH3 is 1. The first-order valence-corrected chi connectivity index (χ1v) is 5.50. The minimum atomic E-state index is -4.33. The second-order valence-electron chi connectivity index (χ2n) is 4.14. The fourth-order valence-corrected chi connectivity index (χ4v) is 2.07. The number of halogens is 3. The van der Waals surface area contributed by atoms with E-state index in [0.717, 1.165) is 25.5 Å². The van der Waals surface area contributed by atoms with Crippen LogP contribution in [0.4, 0.5) is 13.2 Å². The van der Waals surface area contributed by atoms with Crippen molar-refractivity contribution in [2.75, 3.05) is 13.7 Å². The van der Waals surface area contributed by atoms with Crippen LogP contribution in [0.3, 0.4) is 0 Å². The Morgan fingerprint density at radius 1 is 1.29 bits per heavy atom. The lowest BCUT2D eigenvalue weighted by molar-refractivity contribution is -0.137. The molecule has 1 N–H and O–H groups in total. The molecule has 2 nitrogen and oxygen atoms in total. The second kappa shape index (κ2) is 4.56. The molecule has 0 amide bonds. The first-order chi connectivity index (χ1) is 8.00. The van der Waals surface area contributed by atoms with Crippen molar-refractivity contribution in [2.45, 2.75) is 25.1 Å². The van der Waals surface area contributed by atoms with Gasteiger partial charge in [-0.25, -0.2) is 0 Å². The lowest BCUT2D eigenvalue weighted by Crippen LogP contribution is -2.14. The molecule has 1 fully saturated rings. The molecule has 0 radical (unpaired) electrons. The molecule has 1 aliphatic heterocycles. The standard InChI is InChI=1S/C12H14F3NO/c1-17-10-6-8(11-3-2-4-16-11)5-9(7-10)12(13,14)15/h5-7,11,16H,2-4H2,1H3. The van der Waals surface area contributed by atoms with Crippen molar-refractivity contribution < 1.29 is 17.9 Å². The molecule has 1 aromatic rings. The smallest absolute Gasteiger partial charge is 0.416 e. The topological polar surface area (TPSA) is 21.3 Å². The molecule has 5 heteroatoms. The van der Waals surface area contributed by atoms with Gasteiger partial charge >= 0.3 is 6.18 Å². The van der Waals surface area contributed by atoms with E-state index in [9.17, 15) is 13.2 Å². The van der Waals surface area contributed by atoms with E-state index in [1.165, 1.54) is 13.2 Å². The third-order valence-corrected chi connectivity index (χ3v) is 2.95. The summed E-state index contributed by atoms with van der Waals surface area (Å²) in [5.41, 5.74) is -0.00488. The number of hydrogen-bond acceptors (Lipinski definition) is 2. The molecule has 1 saturated heterocycles. The SMILES string of the molecule is COc1cc(C2CCCN2)cc(C(F)(F)F)c1. The third kappa shape index (κ3) is 2.72. The quantitative estimate of drug-likeness (QED) is 0.864. The molecule has 17 heavy (non-hydrogen) atoms. The normalized spacial score (nSPS) is 20.6. The highest BCUT2D eigenvalue weighted by atomic mass is 19.4. The summed E-state index contributed by atoms with van der Waals surface area (Å²) >= 11 is 0. The number of rotatable bonds is 2. The van der Waals surface area contributed by atoms with E-state index in [1.54, 1.807) is 6.07 Å². The summed E-state index contributed by atoms with van der Waals surface area (Å²) in [6, 6.07) is 3.90. The summed E-state index contributed by atoms with van der Waals surface area (Å²) < 4.78 is 43.0. The van der Waals surface area contributed by atoms with Gasteiger partial charge in [-0.3, -0.25) is 0 Å². The van der Waals surface area contributed by atoms with Gasteiger partial charge in [0.15, 0.2) is 0 Å². The highest BCUT2D eigenvalue weighted by Gasteiger charge is 2.32. The molecule has 0 bridgehead atoms. The van der Waals surface area contributed by atoms with Crippen LogP contribution in [0.1, 0.15) is 30.0 Å².